The van der Waals surface area contributed by atoms with Crippen molar-refractivity contribution in [2.24, 2.45) is 0 Å². The Morgan fingerprint density at radius 3 is 1.54 bits per heavy atom. The van der Waals surface area contributed by atoms with E-state index < -0.39 is 0 Å². The molecule has 0 bridgehead atoms. The van der Waals surface area contributed by atoms with E-state index in [0.717, 1.165) is 33.6 Å². The summed E-state index contributed by atoms with van der Waals surface area (Å²) in [5, 5.41) is 5.77. The fourth-order valence-electron chi connectivity index (χ4n) is 3.64. The number of amides is 2. The van der Waals surface area contributed by atoms with Gasteiger partial charge in [0.15, 0.2) is 0 Å². The number of hydrogen-bond donors (Lipinski definition) is 2. The van der Waals surface area contributed by atoms with E-state index in [4.69, 9.17) is 0 Å². The minimum Gasteiger partial charge on any atom is -0.321 e. The molecule has 28 heavy (non-hydrogen) atoms. The molecule has 0 unspecified atom stereocenters. The van der Waals surface area contributed by atoms with E-state index in [0.29, 0.717) is 11.1 Å². The van der Waals surface area contributed by atoms with Crippen LogP contribution in [-0.4, -0.2) is 11.8 Å². The largest absolute Gasteiger partial charge is 0.321 e. The normalized spacial score (nSPS) is 17.4. The van der Waals surface area contributed by atoms with Gasteiger partial charge in [-0.1, -0.05) is 54.6 Å². The molecular weight excluding hydrogens is 348 g/mol. The summed E-state index contributed by atoms with van der Waals surface area (Å²) in [6, 6.07) is 23.1. The van der Waals surface area contributed by atoms with Crippen LogP contribution in [0.5, 0.6) is 0 Å². The molecule has 5 rings (SSSR count). The zero-order chi connectivity index (χ0) is 19.1. The third-order valence-electron chi connectivity index (χ3n) is 4.95. The third kappa shape index (κ3) is 2.72. The quantitative estimate of drug-likeness (QED) is 0.649. The predicted molar refractivity (Wildman–Crippen MR) is 112 cm³/mol. The van der Waals surface area contributed by atoms with E-state index in [2.05, 4.69) is 10.6 Å². The highest BCUT2D eigenvalue weighted by molar-refractivity contribution is 6.35. The molecule has 0 saturated heterocycles. The lowest BCUT2D eigenvalue weighted by molar-refractivity contribution is -0.111. The number of rotatable bonds is 2. The zero-order valence-corrected chi connectivity index (χ0v) is 14.9. The molecule has 2 N–H and O–H groups in total. The van der Waals surface area contributed by atoms with Crippen LogP contribution in [0.15, 0.2) is 72.8 Å². The van der Waals surface area contributed by atoms with E-state index >= 15 is 0 Å². The van der Waals surface area contributed by atoms with E-state index in [1.54, 1.807) is 0 Å². The maximum Gasteiger partial charge on any atom is 0.256 e. The Bertz CT molecular complexity index is 1110. The topological polar surface area (TPSA) is 58.2 Å². The van der Waals surface area contributed by atoms with Crippen molar-refractivity contribution in [2.75, 3.05) is 10.6 Å². The van der Waals surface area contributed by atoms with Crippen molar-refractivity contribution in [3.8, 4) is 0 Å². The number of carbonyl (C=O) groups is 2. The lowest BCUT2D eigenvalue weighted by Crippen LogP contribution is -2.03. The lowest BCUT2D eigenvalue weighted by atomic mass is 10.0. The first-order valence-electron chi connectivity index (χ1n) is 9.04. The van der Waals surface area contributed by atoms with Crippen molar-refractivity contribution in [2.45, 2.75) is 0 Å². The van der Waals surface area contributed by atoms with Crippen LogP contribution >= 0.6 is 0 Å². The second-order valence-corrected chi connectivity index (χ2v) is 6.79. The molecule has 0 fully saturated rings. The Kier molecular flexibility index (Phi) is 3.69. The molecule has 0 aliphatic carbocycles. The van der Waals surface area contributed by atoms with Gasteiger partial charge in [-0.05, 0) is 41.5 Å². The Hall–Kier alpha value is -3.92. The predicted octanol–water partition coefficient (Wildman–Crippen LogP) is 4.67. The molecule has 0 atom stereocenters. The summed E-state index contributed by atoms with van der Waals surface area (Å²) in [4.78, 5) is 24.7. The number of fused-ring (bicyclic) bond motifs is 2. The smallest absolute Gasteiger partial charge is 0.256 e. The molecule has 134 valence electrons. The summed E-state index contributed by atoms with van der Waals surface area (Å²) < 4.78 is 0. The minimum absolute atomic E-state index is 0.103. The molecule has 0 aromatic heterocycles. The average molecular weight is 364 g/mol. The number of carbonyl (C=O) groups excluding carboxylic acids is 2. The van der Waals surface area contributed by atoms with Gasteiger partial charge in [0.05, 0.1) is 0 Å². The lowest BCUT2D eigenvalue weighted by Gasteiger charge is -2.02. The molecule has 2 heterocycles. The van der Waals surface area contributed by atoms with Crippen LogP contribution in [0.25, 0.3) is 23.3 Å². The highest BCUT2D eigenvalue weighted by Crippen LogP contribution is 2.34. The first kappa shape index (κ1) is 16.3. The number of anilines is 2. The van der Waals surface area contributed by atoms with Crippen molar-refractivity contribution in [3.05, 3.63) is 95.1 Å². The van der Waals surface area contributed by atoms with Gasteiger partial charge in [0.25, 0.3) is 11.8 Å². The summed E-state index contributed by atoms with van der Waals surface area (Å²) in [5.41, 5.74) is 6.56. The molecule has 0 saturated carbocycles. The third-order valence-corrected chi connectivity index (χ3v) is 4.95. The van der Waals surface area contributed by atoms with Crippen LogP contribution in [0, 0.1) is 0 Å². The first-order valence-corrected chi connectivity index (χ1v) is 9.04. The van der Waals surface area contributed by atoms with E-state index in [1.165, 1.54) is 0 Å². The van der Waals surface area contributed by atoms with E-state index in [9.17, 15) is 9.59 Å². The second kappa shape index (κ2) is 6.35. The number of benzene rings is 3. The Labute approximate surface area is 162 Å². The number of para-hydroxylation sites is 2. The highest BCUT2D eigenvalue weighted by atomic mass is 16.2. The Morgan fingerprint density at radius 2 is 1.04 bits per heavy atom. The Morgan fingerprint density at radius 1 is 0.571 bits per heavy atom. The molecule has 4 heteroatoms. The molecule has 3 aromatic rings. The maximum absolute atomic E-state index is 12.3. The molecule has 0 radical (unpaired) electrons. The van der Waals surface area contributed by atoms with Crippen molar-refractivity contribution in [3.63, 3.8) is 0 Å². The fourth-order valence-corrected chi connectivity index (χ4v) is 3.64. The minimum atomic E-state index is -0.103. The van der Waals surface area contributed by atoms with E-state index in [1.807, 2.05) is 84.9 Å². The molecule has 0 spiro atoms. The van der Waals surface area contributed by atoms with Gasteiger partial charge in [-0.25, -0.2) is 0 Å². The van der Waals surface area contributed by atoms with Gasteiger partial charge >= 0.3 is 0 Å². The summed E-state index contributed by atoms with van der Waals surface area (Å²) in [6.45, 7) is 0. The van der Waals surface area contributed by atoms with Gasteiger partial charge in [-0.2, -0.15) is 0 Å². The first-order chi connectivity index (χ1) is 13.7. The second-order valence-electron chi connectivity index (χ2n) is 6.79. The highest BCUT2D eigenvalue weighted by Gasteiger charge is 2.24. The van der Waals surface area contributed by atoms with Crippen LogP contribution < -0.4 is 10.6 Å². The summed E-state index contributed by atoms with van der Waals surface area (Å²) >= 11 is 0. The van der Waals surface area contributed by atoms with Crippen LogP contribution in [0.2, 0.25) is 0 Å². The van der Waals surface area contributed by atoms with Crippen LogP contribution in [-0.2, 0) is 9.59 Å². The van der Waals surface area contributed by atoms with Gasteiger partial charge < -0.3 is 10.6 Å². The SMILES string of the molecule is O=C1Nc2ccccc2/C1=C\c1cccc(/C=C2/C(=O)Nc3ccccc32)c1. The Balaban J connectivity index is 1.54. The van der Waals surface area contributed by atoms with Crippen LogP contribution in [0.4, 0.5) is 11.4 Å². The van der Waals surface area contributed by atoms with Gasteiger partial charge in [0.1, 0.15) is 0 Å². The maximum atomic E-state index is 12.3. The van der Waals surface area contributed by atoms with Gasteiger partial charge in [-0.3, -0.25) is 9.59 Å². The van der Waals surface area contributed by atoms with Gasteiger partial charge in [0.2, 0.25) is 0 Å². The van der Waals surface area contributed by atoms with E-state index in [-0.39, 0.29) is 11.8 Å². The van der Waals surface area contributed by atoms with Gasteiger partial charge in [0, 0.05) is 33.6 Å². The monoisotopic (exact) mass is 364 g/mol. The van der Waals surface area contributed by atoms with Crippen molar-refractivity contribution in [1.29, 1.82) is 0 Å². The zero-order valence-electron chi connectivity index (χ0n) is 14.9. The van der Waals surface area contributed by atoms with Crippen LogP contribution in [0.3, 0.4) is 0 Å². The summed E-state index contributed by atoms with van der Waals surface area (Å²) in [6.07, 6.45) is 3.76. The number of nitrogens with one attached hydrogen (secondary N) is 2. The molecular formula is C24H16N2O2. The molecule has 2 aliphatic rings. The molecule has 3 aromatic carbocycles. The standard InChI is InChI=1S/C24H16N2O2/c27-23-19(17-8-1-3-10-21(17)25-23)13-15-6-5-7-16(12-15)14-20-18-9-2-4-11-22(18)26-24(20)28/h1-14H,(H,25,27)(H,26,28)/b19-13+,20-14+. The van der Waals surface area contributed by atoms with Crippen molar-refractivity contribution in [1.82, 2.24) is 0 Å². The average Bonchev–Trinajstić information content (AvgIpc) is 3.19. The van der Waals surface area contributed by atoms with Crippen molar-refractivity contribution >= 4 is 46.5 Å². The molecule has 4 nitrogen and oxygen atoms in total. The molecule has 2 aliphatic heterocycles. The summed E-state index contributed by atoms with van der Waals surface area (Å²) in [5.74, 6) is -0.205. The number of hydrogen-bond acceptors (Lipinski definition) is 2. The van der Waals surface area contributed by atoms with Crippen LogP contribution in [0.1, 0.15) is 22.3 Å². The fraction of sp³-hybridized carbons (Fsp3) is 0. The van der Waals surface area contributed by atoms with Gasteiger partial charge in [-0.15, -0.1) is 0 Å². The van der Waals surface area contributed by atoms with Crippen molar-refractivity contribution < 1.29 is 9.59 Å². The molecule has 2 amide bonds. The summed E-state index contributed by atoms with van der Waals surface area (Å²) in [7, 11) is 0.